The number of hydrogen-bond acceptors (Lipinski definition) is 2. The highest BCUT2D eigenvalue weighted by Gasteiger charge is 2.07. The zero-order valence-corrected chi connectivity index (χ0v) is 12.7. The number of nitrogens with one attached hydrogen (secondary N) is 1. The van der Waals surface area contributed by atoms with Gasteiger partial charge in [-0.3, -0.25) is 0 Å². The topological polar surface area (TPSA) is 38.0 Å². The maximum Gasteiger partial charge on any atom is 0.0233 e. The fourth-order valence-electron chi connectivity index (χ4n) is 2.75. The molecule has 0 aromatic heterocycles. The molecule has 0 aliphatic heterocycles. The molecule has 0 amide bonds. The van der Waals surface area contributed by atoms with Gasteiger partial charge in [0.1, 0.15) is 0 Å². The van der Waals surface area contributed by atoms with Crippen LogP contribution in [0.4, 0.5) is 0 Å². The Morgan fingerprint density at radius 1 is 0.773 bits per heavy atom. The lowest BCUT2D eigenvalue weighted by atomic mass is 10.0. The third kappa shape index (κ3) is 3.73. The molecule has 0 fully saturated rings. The molecule has 3 aromatic rings. The van der Waals surface area contributed by atoms with E-state index >= 15 is 0 Å². The summed E-state index contributed by atoms with van der Waals surface area (Å²) in [6, 6.07) is 25.9. The van der Waals surface area contributed by atoms with Crippen molar-refractivity contribution in [3.8, 4) is 0 Å². The Hall–Kier alpha value is -2.16. The van der Waals surface area contributed by atoms with Crippen LogP contribution in [0.2, 0.25) is 0 Å². The van der Waals surface area contributed by atoms with Crippen LogP contribution in [0.25, 0.3) is 10.8 Å². The monoisotopic (exact) mass is 290 g/mol. The molecule has 0 heterocycles. The third-order valence-corrected chi connectivity index (χ3v) is 4.02. The Labute approximate surface area is 132 Å². The summed E-state index contributed by atoms with van der Waals surface area (Å²) in [6.07, 6.45) is 0.953. The first-order chi connectivity index (χ1) is 10.8. The minimum atomic E-state index is 0.293. The van der Waals surface area contributed by atoms with E-state index in [1.807, 2.05) is 6.07 Å². The second kappa shape index (κ2) is 7.21. The Morgan fingerprint density at radius 2 is 1.50 bits per heavy atom. The Balaban J connectivity index is 1.66. The highest BCUT2D eigenvalue weighted by Crippen LogP contribution is 2.16. The SMILES string of the molecule is NCC(Cc1ccc2ccccc2c1)NCc1ccccc1. The summed E-state index contributed by atoms with van der Waals surface area (Å²) >= 11 is 0. The van der Waals surface area contributed by atoms with E-state index in [9.17, 15) is 0 Å². The zero-order valence-electron chi connectivity index (χ0n) is 12.7. The van der Waals surface area contributed by atoms with Crippen LogP contribution in [0.5, 0.6) is 0 Å². The zero-order chi connectivity index (χ0) is 15.2. The van der Waals surface area contributed by atoms with Crippen LogP contribution in [-0.4, -0.2) is 12.6 Å². The first-order valence-corrected chi connectivity index (χ1v) is 7.80. The molecule has 0 aliphatic carbocycles. The molecule has 112 valence electrons. The predicted molar refractivity (Wildman–Crippen MR) is 93.8 cm³/mol. The molecule has 1 unspecified atom stereocenters. The lowest BCUT2D eigenvalue weighted by Gasteiger charge is -2.17. The Kier molecular flexibility index (Phi) is 4.84. The van der Waals surface area contributed by atoms with E-state index in [2.05, 4.69) is 72.0 Å². The van der Waals surface area contributed by atoms with Gasteiger partial charge in [-0.1, -0.05) is 72.8 Å². The van der Waals surface area contributed by atoms with Crippen LogP contribution in [0.1, 0.15) is 11.1 Å². The maximum absolute atomic E-state index is 5.93. The van der Waals surface area contributed by atoms with Gasteiger partial charge in [0.25, 0.3) is 0 Å². The van der Waals surface area contributed by atoms with Crippen molar-refractivity contribution < 1.29 is 0 Å². The van der Waals surface area contributed by atoms with Gasteiger partial charge in [-0.2, -0.15) is 0 Å². The summed E-state index contributed by atoms with van der Waals surface area (Å²) < 4.78 is 0. The van der Waals surface area contributed by atoms with Crippen molar-refractivity contribution in [1.29, 1.82) is 0 Å². The molecule has 0 spiro atoms. The fraction of sp³-hybridized carbons (Fsp3) is 0.200. The van der Waals surface area contributed by atoms with Gasteiger partial charge in [0.15, 0.2) is 0 Å². The molecule has 2 nitrogen and oxygen atoms in total. The number of fused-ring (bicyclic) bond motifs is 1. The van der Waals surface area contributed by atoms with Crippen molar-refractivity contribution in [3.63, 3.8) is 0 Å². The molecule has 3 N–H and O–H groups in total. The fourth-order valence-corrected chi connectivity index (χ4v) is 2.75. The van der Waals surface area contributed by atoms with Crippen molar-refractivity contribution >= 4 is 10.8 Å². The van der Waals surface area contributed by atoms with E-state index in [0.29, 0.717) is 12.6 Å². The van der Waals surface area contributed by atoms with Crippen LogP contribution in [0, 0.1) is 0 Å². The molecule has 0 aliphatic rings. The lowest BCUT2D eigenvalue weighted by molar-refractivity contribution is 0.516. The predicted octanol–water partition coefficient (Wildman–Crippen LogP) is 3.50. The number of nitrogens with two attached hydrogens (primary N) is 1. The first-order valence-electron chi connectivity index (χ1n) is 7.80. The summed E-state index contributed by atoms with van der Waals surface area (Å²) in [7, 11) is 0. The van der Waals surface area contributed by atoms with Gasteiger partial charge in [0.05, 0.1) is 0 Å². The van der Waals surface area contributed by atoms with Crippen LogP contribution >= 0.6 is 0 Å². The molecule has 22 heavy (non-hydrogen) atoms. The van der Waals surface area contributed by atoms with Gasteiger partial charge in [0.2, 0.25) is 0 Å². The van der Waals surface area contributed by atoms with Crippen molar-refractivity contribution in [1.82, 2.24) is 5.32 Å². The molecule has 0 bridgehead atoms. The maximum atomic E-state index is 5.93. The summed E-state index contributed by atoms with van der Waals surface area (Å²) in [4.78, 5) is 0. The third-order valence-electron chi connectivity index (χ3n) is 4.02. The molecule has 1 atom stereocenters. The van der Waals surface area contributed by atoms with Gasteiger partial charge in [-0.25, -0.2) is 0 Å². The van der Waals surface area contributed by atoms with Crippen LogP contribution in [0.3, 0.4) is 0 Å². The summed E-state index contributed by atoms with van der Waals surface area (Å²) in [6.45, 7) is 1.50. The normalized spacial score (nSPS) is 12.4. The van der Waals surface area contributed by atoms with E-state index in [1.54, 1.807) is 0 Å². The van der Waals surface area contributed by atoms with E-state index in [-0.39, 0.29) is 0 Å². The second-order valence-electron chi connectivity index (χ2n) is 5.68. The molecule has 0 saturated carbocycles. The first kappa shape index (κ1) is 14.8. The summed E-state index contributed by atoms with van der Waals surface area (Å²) in [5, 5.41) is 6.13. The van der Waals surface area contributed by atoms with E-state index < -0.39 is 0 Å². The van der Waals surface area contributed by atoms with Crippen molar-refractivity contribution in [2.75, 3.05) is 6.54 Å². The average molecular weight is 290 g/mol. The average Bonchev–Trinajstić information content (AvgIpc) is 2.59. The molecule has 3 aromatic carbocycles. The van der Waals surface area contributed by atoms with Crippen LogP contribution in [-0.2, 0) is 13.0 Å². The molecular weight excluding hydrogens is 268 g/mol. The van der Waals surface area contributed by atoms with Crippen molar-refractivity contribution in [2.45, 2.75) is 19.0 Å². The number of benzene rings is 3. The Bertz CT molecular complexity index is 722. The van der Waals surface area contributed by atoms with Gasteiger partial charge in [-0.05, 0) is 28.3 Å². The van der Waals surface area contributed by atoms with Crippen LogP contribution < -0.4 is 11.1 Å². The highest BCUT2D eigenvalue weighted by atomic mass is 14.9. The van der Waals surface area contributed by atoms with Crippen molar-refractivity contribution in [3.05, 3.63) is 83.9 Å². The van der Waals surface area contributed by atoms with Gasteiger partial charge in [-0.15, -0.1) is 0 Å². The van der Waals surface area contributed by atoms with E-state index in [0.717, 1.165) is 13.0 Å². The van der Waals surface area contributed by atoms with Gasteiger partial charge in [0, 0.05) is 19.1 Å². The van der Waals surface area contributed by atoms with Crippen LogP contribution in [0.15, 0.2) is 72.8 Å². The second-order valence-corrected chi connectivity index (χ2v) is 5.68. The standard InChI is InChI=1S/C20H22N2/c21-14-20(22-15-16-6-2-1-3-7-16)13-17-10-11-18-8-4-5-9-19(18)12-17/h1-12,20,22H,13-15,21H2. The lowest BCUT2D eigenvalue weighted by Crippen LogP contribution is -2.37. The smallest absolute Gasteiger partial charge is 0.0233 e. The van der Waals surface area contributed by atoms with E-state index in [1.165, 1.54) is 21.9 Å². The van der Waals surface area contributed by atoms with Crippen molar-refractivity contribution in [2.24, 2.45) is 5.73 Å². The minimum Gasteiger partial charge on any atom is -0.329 e. The highest BCUT2D eigenvalue weighted by molar-refractivity contribution is 5.82. The number of hydrogen-bond donors (Lipinski definition) is 2. The summed E-state index contributed by atoms with van der Waals surface area (Å²) in [5.74, 6) is 0. The molecule has 0 saturated heterocycles. The van der Waals surface area contributed by atoms with Gasteiger partial charge >= 0.3 is 0 Å². The van der Waals surface area contributed by atoms with E-state index in [4.69, 9.17) is 5.73 Å². The van der Waals surface area contributed by atoms with Gasteiger partial charge < -0.3 is 11.1 Å². The molecular formula is C20H22N2. The Morgan fingerprint density at radius 3 is 2.27 bits per heavy atom. The molecule has 0 radical (unpaired) electrons. The summed E-state index contributed by atoms with van der Waals surface area (Å²) in [5.41, 5.74) is 8.55. The largest absolute Gasteiger partial charge is 0.329 e. The molecule has 2 heteroatoms. The number of rotatable bonds is 6. The minimum absolute atomic E-state index is 0.293. The molecule has 3 rings (SSSR count). The quantitative estimate of drug-likeness (QED) is 0.729.